The Morgan fingerprint density at radius 3 is 2.62 bits per heavy atom. The number of ether oxygens (including phenoxy) is 2. The van der Waals surface area contributed by atoms with Crippen molar-refractivity contribution in [2.24, 2.45) is 4.99 Å². The van der Waals surface area contributed by atoms with Crippen LogP contribution < -0.4 is 14.8 Å². The molecule has 0 bridgehead atoms. The number of nitrogens with zero attached hydrogens (tertiary/aromatic N) is 1. The Morgan fingerprint density at radius 2 is 1.92 bits per heavy atom. The Kier molecular flexibility index (Phi) is 4.29. The van der Waals surface area contributed by atoms with Crippen LogP contribution in [0, 0.1) is 5.82 Å². The summed E-state index contributed by atoms with van der Waals surface area (Å²) in [5.41, 5.74) is 1.37. The molecule has 3 rings (SSSR count). The van der Waals surface area contributed by atoms with Crippen LogP contribution >= 0.6 is 0 Å². The van der Waals surface area contributed by atoms with Crippen LogP contribution in [0.1, 0.15) is 11.1 Å². The summed E-state index contributed by atoms with van der Waals surface area (Å²) < 4.78 is 23.9. The smallest absolute Gasteiger partial charge is 0.275 e. The maximum Gasteiger partial charge on any atom is 0.275 e. The van der Waals surface area contributed by atoms with Crippen molar-refractivity contribution in [2.45, 2.75) is 0 Å². The highest BCUT2D eigenvalue weighted by molar-refractivity contribution is 6.19. The molecule has 1 N–H and O–H groups in total. The van der Waals surface area contributed by atoms with E-state index >= 15 is 0 Å². The number of rotatable bonds is 4. The highest BCUT2D eigenvalue weighted by Crippen LogP contribution is 2.32. The molecule has 1 amide bonds. The second-order valence-corrected chi connectivity index (χ2v) is 5.04. The molecule has 5 nitrogen and oxygen atoms in total. The zero-order valence-corrected chi connectivity index (χ0v) is 13.2. The largest absolute Gasteiger partial charge is 0.493 e. The zero-order chi connectivity index (χ0) is 17.1. The van der Waals surface area contributed by atoms with E-state index in [9.17, 15) is 9.18 Å². The third-order valence-electron chi connectivity index (χ3n) is 3.52. The summed E-state index contributed by atoms with van der Waals surface area (Å²) in [7, 11) is 3.06. The lowest BCUT2D eigenvalue weighted by Gasteiger charge is -2.09. The Labute approximate surface area is 138 Å². The SMILES string of the molecule is COc1cccc(C=C2N=C(c3cccc(F)c3)NC2=O)c1OC. The average Bonchev–Trinajstić information content (AvgIpc) is 2.95. The molecule has 2 aromatic carbocycles. The van der Waals surface area contributed by atoms with Gasteiger partial charge in [0.1, 0.15) is 17.3 Å². The first kappa shape index (κ1) is 15.7. The van der Waals surface area contributed by atoms with Crippen molar-refractivity contribution in [3.8, 4) is 11.5 Å². The molecular formula is C18H15FN2O3. The number of carbonyl (C=O) groups is 1. The molecule has 0 saturated carbocycles. The fraction of sp³-hybridized carbons (Fsp3) is 0.111. The number of methoxy groups -OCH3 is 2. The summed E-state index contributed by atoms with van der Waals surface area (Å²) in [4.78, 5) is 16.4. The van der Waals surface area contributed by atoms with Gasteiger partial charge >= 0.3 is 0 Å². The lowest BCUT2D eigenvalue weighted by Crippen LogP contribution is -2.24. The molecule has 0 aliphatic carbocycles. The second kappa shape index (κ2) is 6.54. The molecular weight excluding hydrogens is 311 g/mol. The minimum atomic E-state index is -0.392. The molecule has 24 heavy (non-hydrogen) atoms. The van der Waals surface area contributed by atoms with E-state index in [4.69, 9.17) is 9.47 Å². The molecule has 0 atom stereocenters. The number of nitrogens with one attached hydrogen (secondary N) is 1. The monoisotopic (exact) mass is 326 g/mol. The number of halogens is 1. The fourth-order valence-electron chi connectivity index (χ4n) is 2.41. The van der Waals surface area contributed by atoms with Crippen molar-refractivity contribution in [1.82, 2.24) is 5.32 Å². The molecule has 0 aromatic heterocycles. The Hall–Kier alpha value is -3.15. The molecule has 0 radical (unpaired) electrons. The second-order valence-electron chi connectivity index (χ2n) is 5.04. The standard InChI is InChI=1S/C18H15FN2O3/c1-23-15-8-4-5-11(16(15)24-2)10-14-18(22)21-17(20-14)12-6-3-7-13(19)9-12/h3-10H,1-2H3,(H,20,21,22). The molecule has 1 aliphatic rings. The summed E-state index contributed by atoms with van der Waals surface area (Å²) in [6, 6.07) is 11.2. The number of hydrogen-bond donors (Lipinski definition) is 1. The van der Waals surface area contributed by atoms with Crippen LogP contribution in [0.25, 0.3) is 6.08 Å². The molecule has 1 aliphatic heterocycles. The predicted molar refractivity (Wildman–Crippen MR) is 88.6 cm³/mol. The van der Waals surface area contributed by atoms with Crippen LogP contribution in [-0.4, -0.2) is 26.0 Å². The molecule has 0 fully saturated rings. The Balaban J connectivity index is 2.01. The van der Waals surface area contributed by atoms with E-state index < -0.39 is 5.82 Å². The van der Waals surface area contributed by atoms with E-state index in [-0.39, 0.29) is 11.6 Å². The highest BCUT2D eigenvalue weighted by atomic mass is 19.1. The van der Waals surface area contributed by atoms with Crippen LogP contribution in [0.5, 0.6) is 11.5 Å². The number of benzene rings is 2. The lowest BCUT2D eigenvalue weighted by atomic mass is 10.1. The van der Waals surface area contributed by atoms with Gasteiger partial charge in [-0.1, -0.05) is 24.3 Å². The predicted octanol–water partition coefficient (Wildman–Crippen LogP) is 2.76. The van der Waals surface area contributed by atoms with E-state index in [0.29, 0.717) is 28.5 Å². The van der Waals surface area contributed by atoms with Crippen molar-refractivity contribution in [1.29, 1.82) is 0 Å². The molecule has 0 spiro atoms. The van der Waals surface area contributed by atoms with Crippen molar-refractivity contribution in [3.05, 3.63) is 65.1 Å². The summed E-state index contributed by atoms with van der Waals surface area (Å²) in [6.07, 6.45) is 1.60. The maximum atomic E-state index is 13.3. The topological polar surface area (TPSA) is 59.9 Å². The summed E-state index contributed by atoms with van der Waals surface area (Å²) in [5.74, 6) is 0.623. The first-order valence-corrected chi connectivity index (χ1v) is 7.21. The summed E-state index contributed by atoms with van der Waals surface area (Å²) in [6.45, 7) is 0. The van der Waals surface area contributed by atoms with E-state index in [0.717, 1.165) is 0 Å². The van der Waals surface area contributed by atoms with Gasteiger partial charge in [0, 0.05) is 11.1 Å². The number of amides is 1. The van der Waals surface area contributed by atoms with Gasteiger partial charge in [0.25, 0.3) is 5.91 Å². The van der Waals surface area contributed by atoms with Crippen LogP contribution in [0.4, 0.5) is 4.39 Å². The molecule has 6 heteroatoms. The zero-order valence-electron chi connectivity index (χ0n) is 13.2. The normalized spacial score (nSPS) is 15.2. The van der Waals surface area contributed by atoms with Gasteiger partial charge in [-0.25, -0.2) is 9.38 Å². The first-order chi connectivity index (χ1) is 11.6. The van der Waals surface area contributed by atoms with Gasteiger partial charge in [0.05, 0.1) is 14.2 Å². The van der Waals surface area contributed by atoms with Crippen molar-refractivity contribution >= 4 is 17.8 Å². The summed E-state index contributed by atoms with van der Waals surface area (Å²) in [5, 5.41) is 2.64. The van der Waals surface area contributed by atoms with Crippen molar-refractivity contribution in [3.63, 3.8) is 0 Å². The maximum absolute atomic E-state index is 13.3. The average molecular weight is 326 g/mol. The van der Waals surface area contributed by atoms with Crippen LogP contribution in [0.2, 0.25) is 0 Å². The first-order valence-electron chi connectivity index (χ1n) is 7.21. The molecule has 0 saturated heterocycles. The van der Waals surface area contributed by atoms with Crippen LogP contribution in [0.3, 0.4) is 0 Å². The number of para-hydroxylation sites is 1. The quantitative estimate of drug-likeness (QED) is 0.879. The van der Waals surface area contributed by atoms with Gasteiger partial charge in [-0.15, -0.1) is 0 Å². The van der Waals surface area contributed by atoms with Crippen molar-refractivity contribution < 1.29 is 18.7 Å². The van der Waals surface area contributed by atoms with E-state index in [2.05, 4.69) is 10.3 Å². The van der Waals surface area contributed by atoms with E-state index in [1.807, 2.05) is 0 Å². The summed E-state index contributed by atoms with van der Waals surface area (Å²) >= 11 is 0. The number of hydrogen-bond acceptors (Lipinski definition) is 4. The van der Waals surface area contributed by atoms with Crippen molar-refractivity contribution in [2.75, 3.05) is 14.2 Å². The van der Waals surface area contributed by atoms with Gasteiger partial charge in [-0.05, 0) is 24.3 Å². The molecule has 2 aromatic rings. The minimum Gasteiger partial charge on any atom is -0.493 e. The highest BCUT2D eigenvalue weighted by Gasteiger charge is 2.22. The third-order valence-corrected chi connectivity index (χ3v) is 3.52. The van der Waals surface area contributed by atoms with Gasteiger partial charge in [-0.2, -0.15) is 0 Å². The molecule has 122 valence electrons. The van der Waals surface area contributed by atoms with Gasteiger partial charge in [-0.3, -0.25) is 4.79 Å². The van der Waals surface area contributed by atoms with Gasteiger partial charge in [0.15, 0.2) is 11.5 Å². The van der Waals surface area contributed by atoms with E-state index in [1.165, 1.54) is 26.4 Å². The van der Waals surface area contributed by atoms with E-state index in [1.54, 1.807) is 36.4 Å². The number of amidine groups is 1. The number of aliphatic imine (C=N–C) groups is 1. The fourth-order valence-corrected chi connectivity index (χ4v) is 2.41. The Morgan fingerprint density at radius 1 is 1.12 bits per heavy atom. The van der Waals surface area contributed by atoms with Gasteiger partial charge < -0.3 is 14.8 Å². The molecule has 0 unspecified atom stereocenters. The van der Waals surface area contributed by atoms with Gasteiger partial charge in [0.2, 0.25) is 0 Å². The Bertz CT molecular complexity index is 859. The molecule has 1 heterocycles. The minimum absolute atomic E-state index is 0.209. The van der Waals surface area contributed by atoms with Crippen LogP contribution in [0.15, 0.2) is 53.2 Å². The van der Waals surface area contributed by atoms with Crippen LogP contribution in [-0.2, 0) is 4.79 Å². The third kappa shape index (κ3) is 2.99. The number of carbonyl (C=O) groups excluding carboxylic acids is 1. The lowest BCUT2D eigenvalue weighted by molar-refractivity contribution is -0.115.